The van der Waals surface area contributed by atoms with Crippen LogP contribution in [0, 0.1) is 11.2 Å². The summed E-state index contributed by atoms with van der Waals surface area (Å²) in [5.74, 6) is -0.202. The number of nitrogens with zero attached hydrogens (tertiary/aromatic N) is 2. The predicted octanol–water partition coefficient (Wildman–Crippen LogP) is 1.73. The lowest BCUT2D eigenvalue weighted by Crippen LogP contribution is -2.40. The molecule has 6 N–H and O–H groups in total. The summed E-state index contributed by atoms with van der Waals surface area (Å²) in [7, 11) is 2.02. The van der Waals surface area contributed by atoms with Gasteiger partial charge in [-0.2, -0.15) is 0 Å². The maximum Gasteiger partial charge on any atom is 0.149 e. The first kappa shape index (κ1) is 20.0. The lowest BCUT2D eigenvalue weighted by molar-refractivity contribution is 0.190. The number of ether oxygens (including phenoxy) is 1. The first-order valence-electron chi connectivity index (χ1n) is 9.33. The monoisotopic (exact) mass is 386 g/mol. The van der Waals surface area contributed by atoms with E-state index in [1.807, 2.05) is 7.05 Å². The molecule has 1 saturated heterocycles. The molecule has 1 fully saturated rings. The average molecular weight is 386 g/mol. The van der Waals surface area contributed by atoms with E-state index in [0.29, 0.717) is 30.1 Å². The van der Waals surface area contributed by atoms with Gasteiger partial charge in [-0.3, -0.25) is 0 Å². The summed E-state index contributed by atoms with van der Waals surface area (Å²) >= 11 is 0. The minimum Gasteiger partial charge on any atom is -0.404 e. The Morgan fingerprint density at radius 2 is 2.29 bits per heavy atom. The summed E-state index contributed by atoms with van der Waals surface area (Å²) in [4.78, 5) is 6.51. The normalized spacial score (nSPS) is 21.9. The summed E-state index contributed by atoms with van der Waals surface area (Å²) in [5, 5.41) is 10.9. The highest BCUT2D eigenvalue weighted by Crippen LogP contribution is 2.24. The molecular formula is C20H27FN6O. The Morgan fingerprint density at radius 1 is 1.46 bits per heavy atom. The number of nitrogens with two attached hydrogens (primary N) is 2. The van der Waals surface area contributed by atoms with Crippen LogP contribution in [0.5, 0.6) is 0 Å². The highest BCUT2D eigenvalue weighted by molar-refractivity contribution is 6.08. The molecule has 0 radical (unpaired) electrons. The molecule has 1 unspecified atom stereocenters. The van der Waals surface area contributed by atoms with Crippen LogP contribution in [0.4, 0.5) is 10.1 Å². The number of aliphatic imine (C=N–C) groups is 1. The number of benzene rings is 1. The van der Waals surface area contributed by atoms with E-state index in [1.54, 1.807) is 12.1 Å². The van der Waals surface area contributed by atoms with E-state index >= 15 is 0 Å². The van der Waals surface area contributed by atoms with Gasteiger partial charge in [0.15, 0.2) is 0 Å². The molecule has 8 heteroatoms. The van der Waals surface area contributed by atoms with Crippen molar-refractivity contribution in [3.63, 3.8) is 0 Å². The van der Waals surface area contributed by atoms with Crippen molar-refractivity contribution in [1.29, 1.82) is 5.41 Å². The van der Waals surface area contributed by atoms with Crippen LogP contribution < -0.4 is 16.8 Å². The molecule has 2 heterocycles. The minimum absolute atomic E-state index is 0.159. The van der Waals surface area contributed by atoms with Crippen LogP contribution in [-0.4, -0.2) is 56.3 Å². The molecule has 7 nitrogen and oxygen atoms in total. The lowest BCUT2D eigenvalue weighted by Gasteiger charge is -2.29. The molecule has 150 valence electrons. The molecule has 28 heavy (non-hydrogen) atoms. The summed E-state index contributed by atoms with van der Waals surface area (Å²) in [6, 6.07) is 4.82. The van der Waals surface area contributed by atoms with Crippen LogP contribution in [0.3, 0.4) is 0 Å². The molecule has 0 saturated carbocycles. The first-order chi connectivity index (χ1) is 13.5. The largest absolute Gasteiger partial charge is 0.404 e. The molecule has 0 bridgehead atoms. The Hall–Kier alpha value is -2.71. The number of halogens is 1. The second-order valence-electron chi connectivity index (χ2n) is 7.08. The fourth-order valence-corrected chi connectivity index (χ4v) is 3.39. The van der Waals surface area contributed by atoms with E-state index in [4.69, 9.17) is 21.6 Å². The van der Waals surface area contributed by atoms with Crippen LogP contribution in [0.1, 0.15) is 18.4 Å². The van der Waals surface area contributed by atoms with Gasteiger partial charge in [-0.05, 0) is 31.2 Å². The molecule has 1 atom stereocenters. The Labute approximate surface area is 164 Å². The van der Waals surface area contributed by atoms with E-state index in [-0.39, 0.29) is 11.7 Å². The Bertz CT molecular complexity index is 826. The van der Waals surface area contributed by atoms with Gasteiger partial charge in [-0.25, -0.2) is 9.38 Å². The fraction of sp³-hybridized carbons (Fsp3) is 0.400. The van der Waals surface area contributed by atoms with Crippen molar-refractivity contribution in [2.75, 3.05) is 33.4 Å². The standard InChI is InChI=1S/C20H27FN6O/c1-27-6-4-18(25-15-5-7-28-12-15)16(11-27)20(24)26-19-3-2-13(8-17(19)21)14(9-22)10-23/h2-3,8-10,15,22,25H,4-7,11-12,23H2,1H3,(H2,24,26)/b14-10+,22-9?. The number of nitrogens with one attached hydrogen (secondary N) is 2. The molecule has 2 aliphatic heterocycles. The van der Waals surface area contributed by atoms with Gasteiger partial charge in [0.2, 0.25) is 0 Å². The number of amidine groups is 1. The minimum atomic E-state index is -0.509. The number of hydrogen-bond donors (Lipinski definition) is 4. The average Bonchev–Trinajstić information content (AvgIpc) is 3.19. The Morgan fingerprint density at radius 3 is 2.93 bits per heavy atom. The van der Waals surface area contributed by atoms with Gasteiger partial charge in [0.25, 0.3) is 0 Å². The van der Waals surface area contributed by atoms with Crippen LogP contribution in [0.25, 0.3) is 5.57 Å². The number of allylic oxidation sites excluding steroid dienone is 1. The highest BCUT2D eigenvalue weighted by atomic mass is 19.1. The maximum atomic E-state index is 14.5. The van der Waals surface area contributed by atoms with Gasteiger partial charge < -0.3 is 31.8 Å². The van der Waals surface area contributed by atoms with Crippen LogP contribution in [-0.2, 0) is 4.74 Å². The molecular weight excluding hydrogens is 359 g/mol. The van der Waals surface area contributed by atoms with Gasteiger partial charge >= 0.3 is 0 Å². The fourth-order valence-electron chi connectivity index (χ4n) is 3.39. The van der Waals surface area contributed by atoms with E-state index in [9.17, 15) is 4.39 Å². The molecule has 1 aromatic carbocycles. The molecule has 0 spiro atoms. The second-order valence-corrected chi connectivity index (χ2v) is 7.08. The van der Waals surface area contributed by atoms with Gasteiger partial charge in [0.05, 0.1) is 12.6 Å². The van der Waals surface area contributed by atoms with Crippen molar-refractivity contribution in [1.82, 2.24) is 10.2 Å². The van der Waals surface area contributed by atoms with Crippen molar-refractivity contribution in [3.8, 4) is 0 Å². The van der Waals surface area contributed by atoms with Gasteiger partial charge in [-0.1, -0.05) is 6.07 Å². The number of hydrogen-bond acceptors (Lipinski definition) is 6. The van der Waals surface area contributed by atoms with Crippen molar-refractivity contribution in [3.05, 3.63) is 47.0 Å². The number of rotatable bonds is 6. The molecule has 0 aliphatic carbocycles. The van der Waals surface area contributed by atoms with Crippen LogP contribution >= 0.6 is 0 Å². The van der Waals surface area contributed by atoms with Gasteiger partial charge in [-0.15, -0.1) is 0 Å². The van der Waals surface area contributed by atoms with Crippen molar-refractivity contribution >= 4 is 23.3 Å². The molecule has 0 aromatic heterocycles. The number of likely N-dealkylation sites (N-methyl/N-ethyl adjacent to an activating group) is 1. The molecule has 1 aromatic rings. The van der Waals surface area contributed by atoms with Crippen molar-refractivity contribution < 1.29 is 9.13 Å². The van der Waals surface area contributed by atoms with Crippen molar-refractivity contribution in [2.24, 2.45) is 16.5 Å². The zero-order valence-corrected chi connectivity index (χ0v) is 16.0. The van der Waals surface area contributed by atoms with Gasteiger partial charge in [0.1, 0.15) is 17.3 Å². The molecule has 3 rings (SSSR count). The molecule has 2 aliphatic rings. The van der Waals surface area contributed by atoms with Crippen molar-refractivity contribution in [2.45, 2.75) is 18.9 Å². The van der Waals surface area contributed by atoms with E-state index in [1.165, 1.54) is 12.3 Å². The summed E-state index contributed by atoms with van der Waals surface area (Å²) in [5.41, 5.74) is 14.8. The predicted molar refractivity (Wildman–Crippen MR) is 110 cm³/mol. The summed E-state index contributed by atoms with van der Waals surface area (Å²) in [6.07, 6.45) is 4.15. The molecule has 0 amide bonds. The first-order valence-corrected chi connectivity index (χ1v) is 9.33. The van der Waals surface area contributed by atoms with Crippen LogP contribution in [0.15, 0.2) is 40.7 Å². The third-order valence-electron chi connectivity index (χ3n) is 5.01. The lowest BCUT2D eigenvalue weighted by atomic mass is 10.0. The third kappa shape index (κ3) is 4.58. The van der Waals surface area contributed by atoms with Gasteiger partial charge in [0, 0.05) is 55.4 Å². The highest BCUT2D eigenvalue weighted by Gasteiger charge is 2.23. The maximum absolute atomic E-state index is 14.5. The zero-order valence-electron chi connectivity index (χ0n) is 16.0. The quantitative estimate of drug-likeness (QED) is 0.439. The smallest absolute Gasteiger partial charge is 0.149 e. The topological polar surface area (TPSA) is 113 Å². The Balaban J connectivity index is 1.88. The van der Waals surface area contributed by atoms with Crippen LogP contribution in [0.2, 0.25) is 0 Å². The summed E-state index contributed by atoms with van der Waals surface area (Å²) in [6.45, 7) is 3.02. The summed E-state index contributed by atoms with van der Waals surface area (Å²) < 4.78 is 20.0. The SMILES string of the molecule is CN1CCC(NC2CCOC2)=C(C(N)=Nc2ccc(/C(C=N)=C/N)cc2F)C1. The zero-order chi connectivity index (χ0) is 20.1. The van der Waals surface area contributed by atoms with E-state index < -0.39 is 5.82 Å². The van der Waals surface area contributed by atoms with E-state index in [2.05, 4.69) is 15.2 Å². The van der Waals surface area contributed by atoms with E-state index in [0.717, 1.165) is 43.5 Å². The second kappa shape index (κ2) is 8.99. The third-order valence-corrected chi connectivity index (χ3v) is 5.01. The Kier molecular flexibility index (Phi) is 6.43.